The molecule has 0 aliphatic carbocycles. The smallest absolute Gasteiger partial charge is 0.128 e. The predicted molar refractivity (Wildman–Crippen MR) is 115 cm³/mol. The van der Waals surface area contributed by atoms with Gasteiger partial charge >= 0.3 is 0 Å². The summed E-state index contributed by atoms with van der Waals surface area (Å²) in [6.45, 7) is 1.73. The second-order valence-electron chi connectivity index (χ2n) is 8.59. The lowest BCUT2D eigenvalue weighted by Gasteiger charge is -2.38. The van der Waals surface area contributed by atoms with Crippen LogP contribution in [0.2, 0.25) is 0 Å². The maximum absolute atomic E-state index is 14.9. The molecular weight excluding hydrogens is 380 g/mol. The third kappa shape index (κ3) is 2.83. The van der Waals surface area contributed by atoms with Gasteiger partial charge in [0.2, 0.25) is 0 Å². The summed E-state index contributed by atoms with van der Waals surface area (Å²) in [6.07, 6.45) is 1.82. The van der Waals surface area contributed by atoms with Gasteiger partial charge in [0.25, 0.3) is 0 Å². The minimum Gasteiger partial charge on any atom is -0.351 e. The molecule has 156 valence electrons. The largest absolute Gasteiger partial charge is 0.351 e. The van der Waals surface area contributed by atoms with Crippen molar-refractivity contribution in [1.82, 2.24) is 14.4 Å². The van der Waals surface area contributed by atoms with Gasteiger partial charge in [-0.1, -0.05) is 36.4 Å². The fourth-order valence-corrected chi connectivity index (χ4v) is 5.49. The van der Waals surface area contributed by atoms with E-state index in [4.69, 9.17) is 0 Å². The third-order valence-corrected chi connectivity index (χ3v) is 6.95. The van der Waals surface area contributed by atoms with E-state index < -0.39 is 0 Å². The Morgan fingerprint density at radius 2 is 1.07 bits per heavy atom. The molecule has 1 aromatic heterocycles. The van der Waals surface area contributed by atoms with Gasteiger partial charge in [-0.2, -0.15) is 0 Å². The second-order valence-corrected chi connectivity index (χ2v) is 8.59. The van der Waals surface area contributed by atoms with Crippen molar-refractivity contribution < 1.29 is 8.78 Å². The van der Waals surface area contributed by atoms with Crippen LogP contribution < -0.4 is 0 Å². The van der Waals surface area contributed by atoms with Gasteiger partial charge in [0.05, 0.1) is 12.1 Å². The zero-order chi connectivity index (χ0) is 21.0. The Balaban J connectivity index is 1.79. The van der Waals surface area contributed by atoms with Crippen molar-refractivity contribution in [2.45, 2.75) is 24.9 Å². The molecule has 0 bridgehead atoms. The number of rotatable bonds is 2. The highest BCUT2D eigenvalue weighted by atomic mass is 19.1. The maximum Gasteiger partial charge on any atom is 0.128 e. The Hall–Kier alpha value is -2.50. The van der Waals surface area contributed by atoms with Gasteiger partial charge in [-0.25, -0.2) is 8.78 Å². The highest BCUT2D eigenvalue weighted by molar-refractivity contribution is 5.52. The molecule has 3 heterocycles. The molecule has 2 atom stereocenters. The molecule has 0 unspecified atom stereocenters. The van der Waals surface area contributed by atoms with Crippen LogP contribution in [0.4, 0.5) is 8.78 Å². The zero-order valence-corrected chi connectivity index (χ0v) is 17.7. The molecule has 0 spiro atoms. The first-order valence-electron chi connectivity index (χ1n) is 10.6. The standard InChI is InChI=1S/C25H27F2N3/c1-28-14-12-20-22(24(28)16-8-4-6-10-18(16)26)23-21(30(20)3)13-15-29(2)25(23)17-9-5-7-11-19(17)27/h4-11,24-25H,12-15H2,1-3H3/t24-,25-/m0/s1. The molecule has 2 aliphatic heterocycles. The van der Waals surface area contributed by atoms with Crippen molar-refractivity contribution in [2.24, 2.45) is 7.05 Å². The molecule has 5 rings (SSSR count). The Morgan fingerprint density at radius 1 is 0.667 bits per heavy atom. The Bertz CT molecular complexity index is 1020. The van der Waals surface area contributed by atoms with Gasteiger partial charge in [-0.15, -0.1) is 0 Å². The van der Waals surface area contributed by atoms with Crippen molar-refractivity contribution >= 4 is 0 Å². The van der Waals surface area contributed by atoms with E-state index in [2.05, 4.69) is 35.5 Å². The van der Waals surface area contributed by atoms with Crippen LogP contribution in [0.25, 0.3) is 0 Å². The van der Waals surface area contributed by atoms with E-state index in [1.165, 1.54) is 23.5 Å². The van der Waals surface area contributed by atoms with E-state index in [-0.39, 0.29) is 23.7 Å². The molecule has 0 N–H and O–H groups in total. The predicted octanol–water partition coefficient (Wildman–Crippen LogP) is 4.46. The lowest BCUT2D eigenvalue weighted by Crippen LogP contribution is -2.37. The molecule has 0 saturated carbocycles. The van der Waals surface area contributed by atoms with Crippen LogP contribution in [-0.2, 0) is 19.9 Å². The average molecular weight is 408 g/mol. The van der Waals surface area contributed by atoms with E-state index in [9.17, 15) is 8.78 Å². The summed E-state index contributed by atoms with van der Waals surface area (Å²) in [5.41, 5.74) is 6.20. The van der Waals surface area contributed by atoms with E-state index >= 15 is 0 Å². The number of benzene rings is 2. The normalized spacial score (nSPS) is 22.0. The van der Waals surface area contributed by atoms with Gasteiger partial charge in [0.1, 0.15) is 11.6 Å². The summed E-state index contributed by atoms with van der Waals surface area (Å²) >= 11 is 0. The van der Waals surface area contributed by atoms with E-state index in [0.29, 0.717) is 11.1 Å². The molecule has 30 heavy (non-hydrogen) atoms. The van der Waals surface area contributed by atoms with E-state index in [1.54, 1.807) is 12.1 Å². The lowest BCUT2D eigenvalue weighted by molar-refractivity contribution is 0.240. The summed E-state index contributed by atoms with van der Waals surface area (Å²) in [7, 11) is 6.24. The van der Waals surface area contributed by atoms with Crippen molar-refractivity contribution in [3.63, 3.8) is 0 Å². The topological polar surface area (TPSA) is 11.4 Å². The molecule has 0 radical (unpaired) electrons. The first-order chi connectivity index (χ1) is 14.5. The number of nitrogens with zero attached hydrogens (tertiary/aromatic N) is 3. The first-order valence-corrected chi connectivity index (χ1v) is 10.6. The third-order valence-electron chi connectivity index (χ3n) is 6.95. The van der Waals surface area contributed by atoms with Crippen molar-refractivity contribution in [1.29, 1.82) is 0 Å². The number of likely N-dealkylation sites (N-methyl/N-ethyl adjacent to an activating group) is 2. The summed E-state index contributed by atoms with van der Waals surface area (Å²) in [5, 5.41) is 0. The van der Waals surface area contributed by atoms with Crippen LogP contribution in [0.15, 0.2) is 48.5 Å². The zero-order valence-electron chi connectivity index (χ0n) is 17.7. The Labute approximate surface area is 176 Å². The fraction of sp³-hybridized carbons (Fsp3) is 0.360. The van der Waals surface area contributed by atoms with Crippen LogP contribution in [0, 0.1) is 11.6 Å². The van der Waals surface area contributed by atoms with Crippen LogP contribution >= 0.6 is 0 Å². The van der Waals surface area contributed by atoms with Crippen LogP contribution in [0.1, 0.15) is 45.7 Å². The highest BCUT2D eigenvalue weighted by Crippen LogP contribution is 2.47. The van der Waals surface area contributed by atoms with E-state index in [0.717, 1.165) is 37.1 Å². The van der Waals surface area contributed by atoms with Crippen molar-refractivity contribution in [2.75, 3.05) is 27.2 Å². The summed E-state index contributed by atoms with van der Waals surface area (Å²) in [4.78, 5) is 4.46. The van der Waals surface area contributed by atoms with Crippen LogP contribution in [0.3, 0.4) is 0 Å². The number of fused-ring (bicyclic) bond motifs is 3. The highest BCUT2D eigenvalue weighted by Gasteiger charge is 2.40. The summed E-state index contributed by atoms with van der Waals surface area (Å²) < 4.78 is 32.2. The molecule has 2 aromatic carbocycles. The van der Waals surface area contributed by atoms with Gasteiger partial charge < -0.3 is 4.57 Å². The number of hydrogen-bond acceptors (Lipinski definition) is 2. The lowest BCUT2D eigenvalue weighted by atomic mass is 9.83. The monoisotopic (exact) mass is 407 g/mol. The molecule has 2 aliphatic rings. The molecule has 0 fully saturated rings. The molecule has 5 heteroatoms. The molecule has 3 nitrogen and oxygen atoms in total. The van der Waals surface area contributed by atoms with Crippen molar-refractivity contribution in [3.05, 3.63) is 93.8 Å². The average Bonchev–Trinajstić information content (AvgIpc) is 3.02. The van der Waals surface area contributed by atoms with E-state index in [1.807, 2.05) is 24.3 Å². The number of halogens is 2. The SMILES string of the molecule is CN1CCc2c(c3c(n2C)CCN(C)[C@H]3c2ccccc2F)[C@@H]1c1ccccc1F. The molecular formula is C25H27F2N3. The van der Waals surface area contributed by atoms with Gasteiger partial charge in [0, 0.05) is 66.6 Å². The minimum atomic E-state index is -0.189. The fourth-order valence-electron chi connectivity index (χ4n) is 5.49. The molecule has 3 aromatic rings. The maximum atomic E-state index is 14.9. The van der Waals surface area contributed by atoms with Crippen molar-refractivity contribution in [3.8, 4) is 0 Å². The summed E-state index contributed by atoms with van der Waals surface area (Å²) in [6, 6.07) is 13.8. The number of hydrogen-bond donors (Lipinski definition) is 0. The minimum absolute atomic E-state index is 0.175. The second kappa shape index (κ2) is 7.33. The Kier molecular flexibility index (Phi) is 4.75. The van der Waals surface area contributed by atoms with Crippen LogP contribution in [-0.4, -0.2) is 41.6 Å². The summed E-state index contributed by atoms with van der Waals surface area (Å²) in [5.74, 6) is -0.377. The molecule has 0 saturated heterocycles. The first kappa shape index (κ1) is 19.5. The number of aromatic nitrogens is 1. The Morgan fingerprint density at radius 3 is 1.47 bits per heavy atom. The van der Waals surface area contributed by atoms with Gasteiger partial charge in [-0.3, -0.25) is 9.80 Å². The quantitative estimate of drug-likeness (QED) is 0.622. The molecule has 0 amide bonds. The van der Waals surface area contributed by atoms with Gasteiger partial charge in [0.15, 0.2) is 0 Å². The van der Waals surface area contributed by atoms with Gasteiger partial charge in [-0.05, 0) is 26.2 Å². The van der Waals surface area contributed by atoms with Crippen LogP contribution in [0.5, 0.6) is 0 Å².